The van der Waals surface area contributed by atoms with Crippen LogP contribution in [0.25, 0.3) is 0 Å². The van der Waals surface area contributed by atoms with Crippen molar-refractivity contribution in [3.8, 4) is 17.2 Å². The van der Waals surface area contributed by atoms with Crippen molar-refractivity contribution < 1.29 is 28.7 Å². The van der Waals surface area contributed by atoms with Gasteiger partial charge in [0, 0.05) is 31.4 Å². The minimum absolute atomic E-state index is 0.0773. The monoisotopic (exact) mass is 529 g/mol. The highest BCUT2D eigenvalue weighted by molar-refractivity contribution is 7.99. The van der Waals surface area contributed by atoms with E-state index in [1.165, 1.54) is 11.8 Å². The maximum Gasteiger partial charge on any atom is 0.333 e. The molecule has 2 aliphatic heterocycles. The van der Waals surface area contributed by atoms with Crippen LogP contribution in [0.3, 0.4) is 0 Å². The first-order valence-corrected chi connectivity index (χ1v) is 12.1. The molecule has 4 rings (SSSR count). The van der Waals surface area contributed by atoms with Crippen molar-refractivity contribution in [1.29, 1.82) is 0 Å². The molecule has 33 heavy (non-hydrogen) atoms. The van der Waals surface area contributed by atoms with E-state index in [4.69, 9.17) is 49.1 Å². The standard InChI is InChI=1S/C22H18Cl3NO6S/c23-12-8-16-18(10-13(12)24)33-19-11-15(14(25)9-17(19)31-16)30-7-3-1-2-4-22(29)32-26-20(27)5-6-21(26)28/h8-11H,1-7H2. The lowest BCUT2D eigenvalue weighted by Gasteiger charge is -2.21. The Morgan fingerprint density at radius 3 is 2.27 bits per heavy atom. The molecule has 0 aliphatic carbocycles. The molecule has 2 amide bonds. The summed E-state index contributed by atoms with van der Waals surface area (Å²) in [7, 11) is 0. The van der Waals surface area contributed by atoms with Crippen LogP contribution >= 0.6 is 46.6 Å². The number of halogens is 3. The van der Waals surface area contributed by atoms with E-state index in [0.29, 0.717) is 63.2 Å². The summed E-state index contributed by atoms with van der Waals surface area (Å²) in [5, 5.41) is 1.84. The van der Waals surface area contributed by atoms with E-state index in [1.54, 1.807) is 18.2 Å². The Morgan fingerprint density at radius 1 is 0.909 bits per heavy atom. The number of ether oxygens (including phenoxy) is 2. The van der Waals surface area contributed by atoms with Crippen LogP contribution in [-0.4, -0.2) is 29.5 Å². The number of benzene rings is 2. The fraction of sp³-hybridized carbons (Fsp3) is 0.318. The summed E-state index contributed by atoms with van der Waals surface area (Å²) in [4.78, 5) is 41.2. The lowest BCUT2D eigenvalue weighted by atomic mass is 10.2. The van der Waals surface area contributed by atoms with E-state index in [0.717, 1.165) is 9.79 Å². The summed E-state index contributed by atoms with van der Waals surface area (Å²) in [5.74, 6) is 0.182. The number of carbonyl (C=O) groups excluding carboxylic acids is 3. The lowest BCUT2D eigenvalue weighted by Crippen LogP contribution is -2.31. The number of hydrogen-bond donors (Lipinski definition) is 0. The molecule has 2 heterocycles. The number of hydrogen-bond acceptors (Lipinski definition) is 7. The molecule has 0 spiro atoms. The van der Waals surface area contributed by atoms with E-state index < -0.39 is 17.8 Å². The summed E-state index contributed by atoms with van der Waals surface area (Å²) in [6, 6.07) is 6.93. The highest BCUT2D eigenvalue weighted by Gasteiger charge is 2.32. The van der Waals surface area contributed by atoms with Crippen LogP contribution in [0.2, 0.25) is 15.1 Å². The van der Waals surface area contributed by atoms with Crippen LogP contribution in [0.5, 0.6) is 17.2 Å². The van der Waals surface area contributed by atoms with Gasteiger partial charge in [-0.05, 0) is 31.4 Å². The molecule has 2 aliphatic rings. The van der Waals surface area contributed by atoms with Gasteiger partial charge in [0.05, 0.1) is 31.5 Å². The highest BCUT2D eigenvalue weighted by atomic mass is 35.5. The average molecular weight is 531 g/mol. The number of fused-ring (bicyclic) bond motifs is 2. The molecule has 174 valence electrons. The first-order valence-electron chi connectivity index (χ1n) is 10.2. The van der Waals surface area contributed by atoms with Crippen molar-refractivity contribution in [2.45, 2.75) is 48.3 Å². The second-order valence-electron chi connectivity index (χ2n) is 7.35. The summed E-state index contributed by atoms with van der Waals surface area (Å²) in [6.07, 6.45) is 2.19. The van der Waals surface area contributed by atoms with Crippen LogP contribution in [0, 0.1) is 0 Å². The van der Waals surface area contributed by atoms with Crippen molar-refractivity contribution in [3.63, 3.8) is 0 Å². The molecule has 0 bridgehead atoms. The number of carbonyl (C=O) groups is 3. The molecule has 2 aromatic carbocycles. The minimum Gasteiger partial charge on any atom is -0.492 e. The molecule has 1 fully saturated rings. The second kappa shape index (κ2) is 10.4. The van der Waals surface area contributed by atoms with Gasteiger partial charge in [-0.1, -0.05) is 46.6 Å². The van der Waals surface area contributed by atoms with Gasteiger partial charge in [0.1, 0.15) is 17.2 Å². The summed E-state index contributed by atoms with van der Waals surface area (Å²) < 4.78 is 11.7. The minimum atomic E-state index is -0.601. The Kier molecular flexibility index (Phi) is 7.58. The number of imide groups is 1. The summed E-state index contributed by atoms with van der Waals surface area (Å²) >= 11 is 20.0. The number of unbranched alkanes of at least 4 members (excludes halogenated alkanes) is 2. The molecule has 0 N–H and O–H groups in total. The van der Waals surface area contributed by atoms with Crippen LogP contribution in [0.4, 0.5) is 0 Å². The molecule has 7 nitrogen and oxygen atoms in total. The molecule has 0 aromatic heterocycles. The zero-order chi connectivity index (χ0) is 23.5. The summed E-state index contributed by atoms with van der Waals surface area (Å²) in [5.41, 5.74) is 0. The van der Waals surface area contributed by atoms with Crippen molar-refractivity contribution in [2.24, 2.45) is 0 Å². The molecule has 11 heteroatoms. The number of amides is 2. The number of nitrogens with zero attached hydrogens (tertiary/aromatic N) is 1. The highest BCUT2D eigenvalue weighted by Crippen LogP contribution is 2.51. The van der Waals surface area contributed by atoms with E-state index in [9.17, 15) is 14.4 Å². The van der Waals surface area contributed by atoms with Crippen LogP contribution in [0.15, 0.2) is 34.1 Å². The fourth-order valence-corrected chi connectivity index (χ4v) is 4.80. The van der Waals surface area contributed by atoms with Crippen LogP contribution in [-0.2, 0) is 19.2 Å². The molecule has 0 radical (unpaired) electrons. The largest absolute Gasteiger partial charge is 0.492 e. The van der Waals surface area contributed by atoms with Gasteiger partial charge < -0.3 is 14.3 Å². The van der Waals surface area contributed by atoms with Crippen molar-refractivity contribution in [2.75, 3.05) is 6.61 Å². The van der Waals surface area contributed by atoms with Crippen molar-refractivity contribution >= 4 is 64.3 Å². The van der Waals surface area contributed by atoms with Gasteiger partial charge in [0.25, 0.3) is 11.8 Å². The van der Waals surface area contributed by atoms with Gasteiger partial charge in [-0.25, -0.2) is 4.79 Å². The Labute approximate surface area is 209 Å². The molecule has 0 saturated carbocycles. The topological polar surface area (TPSA) is 82.1 Å². The number of rotatable bonds is 8. The van der Waals surface area contributed by atoms with Gasteiger partial charge in [0.15, 0.2) is 0 Å². The Morgan fingerprint density at radius 2 is 1.55 bits per heavy atom. The fourth-order valence-electron chi connectivity index (χ4n) is 3.23. The summed E-state index contributed by atoms with van der Waals surface area (Å²) in [6.45, 7) is 0.403. The molecule has 0 atom stereocenters. The van der Waals surface area contributed by atoms with E-state index in [2.05, 4.69) is 0 Å². The predicted octanol–water partition coefficient (Wildman–Crippen LogP) is 6.45. The Bertz CT molecular complexity index is 1110. The third-order valence-corrected chi connectivity index (χ3v) is 7.00. The zero-order valence-corrected chi connectivity index (χ0v) is 20.3. The third-order valence-electron chi connectivity index (χ3n) is 4.91. The van der Waals surface area contributed by atoms with Gasteiger partial charge in [-0.15, -0.1) is 5.06 Å². The SMILES string of the molecule is O=C(CCCCCOc1cc2c(cc1Cl)Oc1cc(Cl)c(Cl)cc1S2)ON1C(=O)CCC1=O. The number of hydroxylamine groups is 2. The van der Waals surface area contributed by atoms with Crippen molar-refractivity contribution in [3.05, 3.63) is 39.3 Å². The quantitative estimate of drug-likeness (QED) is 0.244. The van der Waals surface area contributed by atoms with Crippen molar-refractivity contribution in [1.82, 2.24) is 5.06 Å². The first kappa shape index (κ1) is 24.0. The normalized spacial score (nSPS) is 14.6. The average Bonchev–Trinajstić information content (AvgIpc) is 3.08. The molecule has 0 unspecified atom stereocenters. The van der Waals surface area contributed by atoms with Crippen LogP contribution in [0.1, 0.15) is 38.5 Å². The molecular formula is C22H18Cl3NO6S. The second-order valence-corrected chi connectivity index (χ2v) is 9.66. The third kappa shape index (κ3) is 5.69. The molecule has 2 aromatic rings. The van der Waals surface area contributed by atoms with E-state index >= 15 is 0 Å². The van der Waals surface area contributed by atoms with Gasteiger partial charge >= 0.3 is 5.97 Å². The Balaban J connectivity index is 1.23. The lowest BCUT2D eigenvalue weighted by molar-refractivity contribution is -0.197. The van der Waals surface area contributed by atoms with Gasteiger partial charge in [-0.3, -0.25) is 9.59 Å². The zero-order valence-electron chi connectivity index (χ0n) is 17.2. The van der Waals surface area contributed by atoms with E-state index in [1.807, 2.05) is 6.07 Å². The maximum absolute atomic E-state index is 11.8. The van der Waals surface area contributed by atoms with E-state index in [-0.39, 0.29) is 19.3 Å². The maximum atomic E-state index is 11.8. The van der Waals surface area contributed by atoms with Gasteiger partial charge in [-0.2, -0.15) is 0 Å². The Hall–Kier alpha value is -2.13. The first-order chi connectivity index (χ1) is 15.8. The molecular weight excluding hydrogens is 513 g/mol. The smallest absolute Gasteiger partial charge is 0.333 e. The van der Waals surface area contributed by atoms with Crippen LogP contribution < -0.4 is 9.47 Å². The molecule has 1 saturated heterocycles. The predicted molar refractivity (Wildman–Crippen MR) is 123 cm³/mol. The van der Waals surface area contributed by atoms with Gasteiger partial charge in [0.2, 0.25) is 0 Å².